The predicted molar refractivity (Wildman–Crippen MR) is 217 cm³/mol. The van der Waals surface area contributed by atoms with Gasteiger partial charge >= 0.3 is 0 Å². The number of fused-ring (bicyclic) bond motifs is 2. The van der Waals surface area contributed by atoms with Crippen molar-refractivity contribution in [2.75, 3.05) is 20.4 Å². The van der Waals surface area contributed by atoms with E-state index < -0.39 is 35.4 Å². The Morgan fingerprint density at radius 3 is 1.17 bits per heavy atom. The molecule has 6 amide bonds. The van der Waals surface area contributed by atoms with Gasteiger partial charge in [-0.2, -0.15) is 0 Å². The molecule has 6 aromatic rings. The van der Waals surface area contributed by atoms with Crippen molar-refractivity contribution in [1.82, 2.24) is 0 Å². The Balaban J connectivity index is 0.913. The van der Waals surface area contributed by atoms with Crippen LogP contribution in [0.1, 0.15) is 96.7 Å². The van der Waals surface area contributed by atoms with Crippen LogP contribution in [0.4, 0.5) is 22.7 Å². The van der Waals surface area contributed by atoms with Crippen molar-refractivity contribution in [2.45, 2.75) is 13.8 Å². The highest BCUT2D eigenvalue weighted by Gasteiger charge is 2.38. The van der Waals surface area contributed by atoms with Gasteiger partial charge in [0.1, 0.15) is 11.5 Å². The van der Waals surface area contributed by atoms with E-state index in [0.717, 1.165) is 9.80 Å². The lowest BCUT2D eigenvalue weighted by Gasteiger charge is -2.16. The third-order valence-corrected chi connectivity index (χ3v) is 9.78. The van der Waals surface area contributed by atoms with E-state index in [4.69, 9.17) is 4.74 Å². The highest BCUT2D eigenvalue weighted by molar-refractivity contribution is 6.35. The van der Waals surface area contributed by atoms with Crippen LogP contribution in [0.15, 0.2) is 133 Å². The number of rotatable bonds is 10. The van der Waals surface area contributed by atoms with Crippen molar-refractivity contribution in [3.05, 3.63) is 178 Å². The van der Waals surface area contributed by atoms with Crippen LogP contribution in [0.2, 0.25) is 0 Å². The number of hydrogen-bond acceptors (Lipinski definition) is 9. The van der Waals surface area contributed by atoms with Gasteiger partial charge in [0.2, 0.25) is 0 Å². The predicted octanol–water partition coefficient (Wildman–Crippen LogP) is 7.99. The summed E-state index contributed by atoms with van der Waals surface area (Å²) in [6.07, 6.45) is 0. The molecule has 13 heteroatoms. The van der Waals surface area contributed by atoms with Crippen LogP contribution in [0.25, 0.3) is 0 Å². The summed E-state index contributed by atoms with van der Waals surface area (Å²) in [5.74, 6) is -2.93. The van der Waals surface area contributed by atoms with Gasteiger partial charge in [0, 0.05) is 33.6 Å². The summed E-state index contributed by atoms with van der Waals surface area (Å²) in [6, 6.07) is 33.8. The van der Waals surface area contributed by atoms with Crippen molar-refractivity contribution < 1.29 is 43.1 Å². The maximum atomic E-state index is 13.5. The molecule has 59 heavy (non-hydrogen) atoms. The molecule has 0 saturated heterocycles. The number of nitrogens with one attached hydrogen (secondary N) is 2. The maximum Gasteiger partial charge on any atom is 0.266 e. The molecule has 288 valence electrons. The zero-order chi connectivity index (χ0) is 41.5. The van der Waals surface area contributed by atoms with Gasteiger partial charge in [0.05, 0.1) is 33.6 Å². The number of ketones is 2. The third-order valence-electron chi connectivity index (χ3n) is 9.78. The van der Waals surface area contributed by atoms with Crippen LogP contribution >= 0.6 is 0 Å². The Bertz CT molecular complexity index is 2640. The van der Waals surface area contributed by atoms with E-state index in [2.05, 4.69) is 10.6 Å². The second-order valence-electron chi connectivity index (χ2n) is 13.7. The van der Waals surface area contributed by atoms with Gasteiger partial charge in [-0.1, -0.05) is 24.3 Å². The van der Waals surface area contributed by atoms with E-state index in [0.29, 0.717) is 34.0 Å². The molecule has 2 N–H and O–H groups in total. The minimum atomic E-state index is -0.605. The van der Waals surface area contributed by atoms with E-state index >= 15 is 0 Å². The second kappa shape index (κ2) is 15.0. The molecular formula is C46H30N4O9. The van der Waals surface area contributed by atoms with E-state index in [1.807, 2.05) is 0 Å². The van der Waals surface area contributed by atoms with Crippen molar-refractivity contribution in [2.24, 2.45) is 0 Å². The average molecular weight is 783 g/mol. The molecule has 13 nitrogen and oxygen atoms in total. The summed E-state index contributed by atoms with van der Waals surface area (Å²) in [7, 11) is 0. The molecule has 0 unspecified atom stereocenters. The van der Waals surface area contributed by atoms with E-state index in [-0.39, 0.29) is 56.3 Å². The Morgan fingerprint density at radius 2 is 0.797 bits per heavy atom. The monoisotopic (exact) mass is 782 g/mol. The molecule has 0 aliphatic carbocycles. The van der Waals surface area contributed by atoms with Gasteiger partial charge in [-0.05, 0) is 123 Å². The number of carbonyl (C=O) groups excluding carboxylic acids is 8. The van der Waals surface area contributed by atoms with E-state index in [1.54, 1.807) is 72.8 Å². The summed E-state index contributed by atoms with van der Waals surface area (Å²) in [5, 5.41) is 5.43. The summed E-state index contributed by atoms with van der Waals surface area (Å²) in [5.41, 5.74) is 2.95. The zero-order valence-electron chi connectivity index (χ0n) is 31.3. The molecule has 0 radical (unpaired) electrons. The molecular weight excluding hydrogens is 753 g/mol. The number of ether oxygens (including phenoxy) is 1. The lowest BCUT2D eigenvalue weighted by Crippen LogP contribution is -2.29. The first-order chi connectivity index (χ1) is 28.4. The zero-order valence-corrected chi connectivity index (χ0v) is 31.3. The largest absolute Gasteiger partial charge is 0.457 e. The minimum Gasteiger partial charge on any atom is -0.457 e. The topological polar surface area (TPSA) is 176 Å². The number of anilines is 4. The van der Waals surface area contributed by atoms with Crippen LogP contribution < -0.4 is 25.2 Å². The van der Waals surface area contributed by atoms with Gasteiger partial charge in [-0.15, -0.1) is 0 Å². The Kier molecular flexibility index (Phi) is 9.54. The molecule has 8 rings (SSSR count). The van der Waals surface area contributed by atoms with Crippen LogP contribution in [-0.2, 0) is 0 Å². The van der Waals surface area contributed by atoms with Crippen LogP contribution in [0.3, 0.4) is 0 Å². The number of nitrogens with zero attached hydrogens (tertiary/aromatic N) is 2. The van der Waals surface area contributed by atoms with Crippen LogP contribution in [-0.4, -0.2) is 47.0 Å². The number of carbonyl (C=O) groups is 8. The third kappa shape index (κ3) is 7.15. The minimum absolute atomic E-state index is 0.0673. The van der Waals surface area contributed by atoms with Gasteiger partial charge in [0.25, 0.3) is 35.4 Å². The SMILES string of the molecule is CC(=O)c1cccc(NC(=O)c2ccc3c(c2)C(=O)N(c2ccc(Oc4ccc(N5C(=O)c6ccc(C(=O)Nc7cccc(C(C)=O)c7)cc6C5=O)cc4)cc2)C3=O)c1. The van der Waals surface area contributed by atoms with Gasteiger partial charge in [-0.3, -0.25) is 38.4 Å². The molecule has 0 bridgehead atoms. The van der Waals surface area contributed by atoms with Gasteiger partial charge < -0.3 is 15.4 Å². The Labute approximate surface area is 335 Å². The first-order valence-electron chi connectivity index (χ1n) is 18.1. The molecule has 0 atom stereocenters. The van der Waals surface area contributed by atoms with Crippen molar-refractivity contribution in [3.8, 4) is 11.5 Å². The molecule has 6 aromatic carbocycles. The highest BCUT2D eigenvalue weighted by atomic mass is 16.5. The molecule has 2 heterocycles. The maximum absolute atomic E-state index is 13.5. The van der Waals surface area contributed by atoms with Gasteiger partial charge in [-0.25, -0.2) is 9.80 Å². The lowest BCUT2D eigenvalue weighted by atomic mass is 10.0. The van der Waals surface area contributed by atoms with Crippen LogP contribution in [0.5, 0.6) is 11.5 Å². The number of imide groups is 2. The number of benzene rings is 6. The van der Waals surface area contributed by atoms with E-state index in [9.17, 15) is 38.4 Å². The molecule has 2 aliphatic heterocycles. The quantitative estimate of drug-likeness (QED) is 0.103. The average Bonchev–Trinajstić information content (AvgIpc) is 3.64. The fourth-order valence-corrected chi connectivity index (χ4v) is 6.73. The van der Waals surface area contributed by atoms with Crippen molar-refractivity contribution in [1.29, 1.82) is 0 Å². The highest BCUT2D eigenvalue weighted by Crippen LogP contribution is 2.34. The molecule has 0 fully saturated rings. The summed E-state index contributed by atoms with van der Waals surface area (Å²) < 4.78 is 5.96. The number of hydrogen-bond donors (Lipinski definition) is 2. The normalized spacial score (nSPS) is 12.9. The molecule has 0 aromatic heterocycles. The summed E-state index contributed by atoms with van der Waals surface area (Å²) >= 11 is 0. The molecule has 0 saturated carbocycles. The van der Waals surface area contributed by atoms with Crippen LogP contribution in [0, 0.1) is 0 Å². The Hall–Kier alpha value is -8.32. The van der Waals surface area contributed by atoms with Crippen molar-refractivity contribution in [3.63, 3.8) is 0 Å². The van der Waals surface area contributed by atoms with Gasteiger partial charge in [0.15, 0.2) is 11.6 Å². The Morgan fingerprint density at radius 1 is 0.424 bits per heavy atom. The number of Topliss-reactive ketones (excluding diaryl/α,β-unsaturated/α-hetero) is 2. The standard InChI is InChI=1S/C46H30N4O9/c1-25(51)27-5-3-7-31(21-27)47-41(53)29-9-19-37-39(23-29)45(57)49(43(37)55)33-11-15-35(16-12-33)59-36-17-13-34(14-18-36)50-44(56)38-20-10-30(24-40(38)46(50)58)42(54)48-32-8-4-6-28(22-32)26(2)52/h3-24H,1-2H3,(H,47,53)(H,48,54). The lowest BCUT2D eigenvalue weighted by molar-refractivity contribution is 0.0910. The molecule has 0 spiro atoms. The second-order valence-corrected chi connectivity index (χ2v) is 13.7. The van der Waals surface area contributed by atoms with Crippen molar-refractivity contribution >= 4 is 69.8 Å². The first kappa shape index (κ1) is 37.6. The summed E-state index contributed by atoms with van der Waals surface area (Å²) in [4.78, 5) is 105. The smallest absolute Gasteiger partial charge is 0.266 e. The van der Waals surface area contributed by atoms with E-state index in [1.165, 1.54) is 74.5 Å². The fourth-order valence-electron chi connectivity index (χ4n) is 6.73. The fraction of sp³-hybridized carbons (Fsp3) is 0.0435. The summed E-state index contributed by atoms with van der Waals surface area (Å²) in [6.45, 7) is 2.84. The molecule has 2 aliphatic rings. The first-order valence-corrected chi connectivity index (χ1v) is 18.1. The number of amides is 6.